The number of carbonyl (C=O) groups is 1. The SMILES string of the molecule is CC(C)(C=O)n1cc(Br)c2ccccc21. The number of benzene rings is 1. The summed E-state index contributed by atoms with van der Waals surface area (Å²) >= 11 is 3.50. The van der Waals surface area contributed by atoms with Crippen LogP contribution in [-0.2, 0) is 10.3 Å². The molecule has 0 amide bonds. The molecule has 0 unspecified atom stereocenters. The van der Waals surface area contributed by atoms with Crippen molar-refractivity contribution in [1.29, 1.82) is 0 Å². The van der Waals surface area contributed by atoms with Crippen LogP contribution in [0.1, 0.15) is 13.8 Å². The third-order valence-corrected chi connectivity index (χ3v) is 3.20. The quantitative estimate of drug-likeness (QED) is 0.764. The number of halogens is 1. The Morgan fingerprint density at radius 3 is 2.67 bits per heavy atom. The Morgan fingerprint density at radius 2 is 2.00 bits per heavy atom. The van der Waals surface area contributed by atoms with Crippen LogP contribution in [0.3, 0.4) is 0 Å². The van der Waals surface area contributed by atoms with Crippen LogP contribution in [0, 0.1) is 0 Å². The second kappa shape index (κ2) is 3.49. The molecule has 0 saturated heterocycles. The van der Waals surface area contributed by atoms with Crippen LogP contribution >= 0.6 is 15.9 Å². The van der Waals surface area contributed by atoms with Gasteiger partial charge in [-0.3, -0.25) is 0 Å². The van der Waals surface area contributed by atoms with Crippen LogP contribution in [0.15, 0.2) is 34.9 Å². The molecule has 0 fully saturated rings. The summed E-state index contributed by atoms with van der Waals surface area (Å²) in [5.74, 6) is 0. The third kappa shape index (κ3) is 1.61. The predicted octanol–water partition coefficient (Wildman–Crippen LogP) is 3.34. The maximum absolute atomic E-state index is 11.0. The third-order valence-electron chi connectivity index (χ3n) is 2.57. The van der Waals surface area contributed by atoms with Gasteiger partial charge in [0, 0.05) is 16.1 Å². The number of nitrogens with zero attached hydrogens (tertiary/aromatic N) is 1. The minimum atomic E-state index is -0.508. The van der Waals surface area contributed by atoms with E-state index in [2.05, 4.69) is 15.9 Å². The van der Waals surface area contributed by atoms with E-state index in [4.69, 9.17) is 0 Å². The van der Waals surface area contributed by atoms with E-state index in [-0.39, 0.29) is 0 Å². The molecule has 0 radical (unpaired) electrons. The molecule has 0 aliphatic rings. The lowest BCUT2D eigenvalue weighted by Crippen LogP contribution is -2.26. The molecule has 0 spiro atoms. The van der Waals surface area contributed by atoms with Crippen molar-refractivity contribution in [3.05, 3.63) is 34.9 Å². The highest BCUT2D eigenvalue weighted by Crippen LogP contribution is 2.29. The summed E-state index contributed by atoms with van der Waals surface area (Å²) in [6.45, 7) is 3.80. The van der Waals surface area contributed by atoms with E-state index in [1.54, 1.807) is 0 Å². The first kappa shape index (κ1) is 10.4. The number of fused-ring (bicyclic) bond motifs is 1. The number of hydrogen-bond acceptors (Lipinski definition) is 1. The molecule has 0 atom stereocenters. The fourth-order valence-corrected chi connectivity index (χ4v) is 2.21. The fraction of sp³-hybridized carbons (Fsp3) is 0.250. The van der Waals surface area contributed by atoms with E-state index >= 15 is 0 Å². The van der Waals surface area contributed by atoms with Crippen molar-refractivity contribution in [2.24, 2.45) is 0 Å². The summed E-state index contributed by atoms with van der Waals surface area (Å²) in [7, 11) is 0. The topological polar surface area (TPSA) is 22.0 Å². The van der Waals surface area contributed by atoms with E-state index in [9.17, 15) is 4.79 Å². The standard InChI is InChI=1S/C12H12BrNO/c1-12(2,8-15)14-7-10(13)9-5-3-4-6-11(9)14/h3-8H,1-2H3. The van der Waals surface area contributed by atoms with Crippen LogP contribution in [0.2, 0.25) is 0 Å². The molecule has 0 aliphatic carbocycles. The molecule has 1 aromatic heterocycles. The summed E-state index contributed by atoms with van der Waals surface area (Å²) in [4.78, 5) is 11.0. The molecule has 0 saturated carbocycles. The van der Waals surface area contributed by atoms with Gasteiger partial charge in [-0.2, -0.15) is 0 Å². The van der Waals surface area contributed by atoms with Gasteiger partial charge in [0.2, 0.25) is 0 Å². The minimum Gasteiger partial charge on any atom is -0.334 e. The van der Waals surface area contributed by atoms with Gasteiger partial charge in [-0.1, -0.05) is 18.2 Å². The highest BCUT2D eigenvalue weighted by Gasteiger charge is 2.21. The average Bonchev–Trinajstić information content (AvgIpc) is 2.58. The molecular formula is C12H12BrNO. The van der Waals surface area contributed by atoms with Gasteiger partial charge in [0.05, 0.1) is 11.1 Å². The molecule has 1 aromatic carbocycles. The lowest BCUT2D eigenvalue weighted by molar-refractivity contribution is -0.113. The van der Waals surface area contributed by atoms with Gasteiger partial charge >= 0.3 is 0 Å². The summed E-state index contributed by atoms with van der Waals surface area (Å²) in [5, 5.41) is 1.13. The smallest absolute Gasteiger partial charge is 0.145 e. The molecule has 0 N–H and O–H groups in total. The van der Waals surface area contributed by atoms with Crippen LogP contribution in [0.25, 0.3) is 10.9 Å². The zero-order valence-corrected chi connectivity index (χ0v) is 10.3. The maximum atomic E-state index is 11.0. The van der Waals surface area contributed by atoms with Crippen LogP contribution in [0.4, 0.5) is 0 Å². The summed E-state index contributed by atoms with van der Waals surface area (Å²) < 4.78 is 3.01. The maximum Gasteiger partial charge on any atom is 0.145 e. The predicted molar refractivity (Wildman–Crippen MR) is 65.0 cm³/mol. The number of carbonyl (C=O) groups excluding carboxylic acids is 1. The van der Waals surface area contributed by atoms with Gasteiger partial charge in [0.1, 0.15) is 6.29 Å². The molecule has 3 heteroatoms. The molecule has 2 aromatic rings. The zero-order chi connectivity index (χ0) is 11.1. The fourth-order valence-electron chi connectivity index (χ4n) is 1.67. The largest absolute Gasteiger partial charge is 0.334 e. The Balaban J connectivity index is 2.78. The number of rotatable bonds is 2. The lowest BCUT2D eigenvalue weighted by Gasteiger charge is -2.20. The number of para-hydroxylation sites is 1. The Morgan fingerprint density at radius 1 is 1.33 bits per heavy atom. The van der Waals surface area contributed by atoms with Crippen LogP contribution < -0.4 is 0 Å². The van der Waals surface area contributed by atoms with Crippen molar-refractivity contribution in [3.8, 4) is 0 Å². The Labute approximate surface area is 97.0 Å². The highest BCUT2D eigenvalue weighted by molar-refractivity contribution is 9.10. The van der Waals surface area contributed by atoms with Crippen molar-refractivity contribution in [2.75, 3.05) is 0 Å². The van der Waals surface area contributed by atoms with Crippen molar-refractivity contribution in [3.63, 3.8) is 0 Å². The van der Waals surface area contributed by atoms with Crippen molar-refractivity contribution in [1.82, 2.24) is 4.57 Å². The lowest BCUT2D eigenvalue weighted by atomic mass is 10.1. The van der Waals surface area contributed by atoms with Crippen LogP contribution in [-0.4, -0.2) is 10.9 Å². The van der Waals surface area contributed by atoms with Gasteiger partial charge in [-0.05, 0) is 35.8 Å². The number of hydrogen-bond donors (Lipinski definition) is 0. The van der Waals surface area contributed by atoms with Gasteiger partial charge in [-0.25, -0.2) is 0 Å². The van der Waals surface area contributed by atoms with Gasteiger partial charge in [0.15, 0.2) is 0 Å². The molecule has 1 heterocycles. The minimum absolute atomic E-state index is 0.508. The number of aromatic nitrogens is 1. The molecule has 15 heavy (non-hydrogen) atoms. The summed E-state index contributed by atoms with van der Waals surface area (Å²) in [5.41, 5.74) is 0.563. The molecule has 0 aliphatic heterocycles. The molecule has 78 valence electrons. The summed E-state index contributed by atoms with van der Waals surface area (Å²) in [6, 6.07) is 8.03. The van der Waals surface area contributed by atoms with Gasteiger partial charge in [-0.15, -0.1) is 0 Å². The van der Waals surface area contributed by atoms with Crippen molar-refractivity contribution >= 4 is 33.1 Å². The first-order valence-electron chi connectivity index (χ1n) is 4.78. The molecule has 0 bridgehead atoms. The Kier molecular flexibility index (Phi) is 2.43. The van der Waals surface area contributed by atoms with Crippen molar-refractivity contribution in [2.45, 2.75) is 19.4 Å². The van der Waals surface area contributed by atoms with E-state index in [0.717, 1.165) is 21.7 Å². The highest BCUT2D eigenvalue weighted by atomic mass is 79.9. The summed E-state index contributed by atoms with van der Waals surface area (Å²) in [6.07, 6.45) is 2.92. The zero-order valence-electron chi connectivity index (χ0n) is 8.70. The van der Waals surface area contributed by atoms with E-state index in [1.165, 1.54) is 0 Å². The normalized spacial score (nSPS) is 11.9. The van der Waals surface area contributed by atoms with E-state index in [1.807, 2.05) is 48.9 Å². The molecule has 2 nitrogen and oxygen atoms in total. The Bertz CT molecular complexity index is 513. The monoisotopic (exact) mass is 265 g/mol. The number of aldehydes is 1. The Hall–Kier alpha value is -1.09. The molecular weight excluding hydrogens is 254 g/mol. The van der Waals surface area contributed by atoms with Crippen molar-refractivity contribution < 1.29 is 4.79 Å². The second-order valence-corrected chi connectivity index (χ2v) is 4.99. The van der Waals surface area contributed by atoms with Gasteiger partial charge < -0.3 is 9.36 Å². The first-order chi connectivity index (χ1) is 7.06. The van der Waals surface area contributed by atoms with E-state index < -0.39 is 5.54 Å². The molecule has 2 rings (SSSR count). The van der Waals surface area contributed by atoms with Gasteiger partial charge in [0.25, 0.3) is 0 Å². The van der Waals surface area contributed by atoms with E-state index in [0.29, 0.717) is 0 Å². The first-order valence-corrected chi connectivity index (χ1v) is 5.58. The van der Waals surface area contributed by atoms with Crippen LogP contribution in [0.5, 0.6) is 0 Å². The second-order valence-electron chi connectivity index (χ2n) is 4.14. The average molecular weight is 266 g/mol.